The Hall–Kier alpha value is -0.103. The van der Waals surface area contributed by atoms with Crippen LogP contribution in [0.1, 0.15) is 41.5 Å². The van der Waals surface area contributed by atoms with Crippen LogP contribution >= 0.6 is 22.6 Å². The highest BCUT2D eigenvalue weighted by molar-refractivity contribution is 14.1. The summed E-state index contributed by atoms with van der Waals surface area (Å²) in [6.45, 7) is 13.8. The summed E-state index contributed by atoms with van der Waals surface area (Å²) in [6.07, 6.45) is 1.86. The van der Waals surface area contributed by atoms with Gasteiger partial charge in [-0.25, -0.2) is 4.98 Å². The Labute approximate surface area is 126 Å². The minimum Gasteiger partial charge on any atom is -0.542 e. The smallest absolute Gasteiger partial charge is 0.258 e. The first-order chi connectivity index (χ1) is 8.30. The van der Waals surface area contributed by atoms with E-state index in [2.05, 4.69) is 69.1 Å². The molecule has 1 aromatic heterocycles. The van der Waals surface area contributed by atoms with Gasteiger partial charge in [-0.15, -0.1) is 0 Å². The van der Waals surface area contributed by atoms with Crippen LogP contribution in [0.5, 0.6) is 5.75 Å². The molecule has 1 rings (SSSR count). The number of rotatable bonds is 5. The van der Waals surface area contributed by atoms with Crippen LogP contribution in [0.25, 0.3) is 0 Å². The molecule has 0 bridgehead atoms. The van der Waals surface area contributed by atoms with Gasteiger partial charge in [0.15, 0.2) is 0 Å². The normalized spacial score (nSPS) is 12.6. The first-order valence-electron chi connectivity index (χ1n) is 6.61. The minimum absolute atomic E-state index is 0.594. The van der Waals surface area contributed by atoms with E-state index in [-0.39, 0.29) is 0 Å². The van der Waals surface area contributed by atoms with E-state index in [1.807, 2.05) is 18.3 Å². The maximum absolute atomic E-state index is 6.51. The van der Waals surface area contributed by atoms with Gasteiger partial charge in [0.1, 0.15) is 9.45 Å². The molecule has 0 atom stereocenters. The molecule has 0 aliphatic rings. The molecule has 1 aromatic rings. The topological polar surface area (TPSA) is 22.1 Å². The molecule has 2 nitrogen and oxygen atoms in total. The van der Waals surface area contributed by atoms with Gasteiger partial charge in [-0.05, 0) is 51.3 Å². The maximum atomic E-state index is 6.51. The molecule has 0 aliphatic carbocycles. The van der Waals surface area contributed by atoms with Crippen molar-refractivity contribution in [1.29, 1.82) is 0 Å². The molecule has 0 spiro atoms. The van der Waals surface area contributed by atoms with Gasteiger partial charge in [0.2, 0.25) is 0 Å². The van der Waals surface area contributed by atoms with Gasteiger partial charge < -0.3 is 4.43 Å². The third-order valence-corrected chi connectivity index (χ3v) is 10.3. The van der Waals surface area contributed by atoms with E-state index in [0.717, 1.165) is 9.45 Å². The van der Waals surface area contributed by atoms with Gasteiger partial charge in [-0.3, -0.25) is 0 Å². The molecule has 0 unspecified atom stereocenters. The number of aromatic nitrogens is 1. The molecule has 0 fully saturated rings. The van der Waals surface area contributed by atoms with Crippen molar-refractivity contribution in [2.75, 3.05) is 0 Å². The number of hydrogen-bond acceptors (Lipinski definition) is 2. The van der Waals surface area contributed by atoms with Crippen molar-refractivity contribution in [2.24, 2.45) is 0 Å². The van der Waals surface area contributed by atoms with Gasteiger partial charge in [-0.2, -0.15) is 0 Å². The van der Waals surface area contributed by atoms with Crippen LogP contribution < -0.4 is 4.43 Å². The lowest BCUT2D eigenvalue weighted by molar-refractivity contribution is 0.477. The second-order valence-corrected chi connectivity index (χ2v) is 12.2. The van der Waals surface area contributed by atoms with Crippen LogP contribution in [0.15, 0.2) is 18.3 Å². The maximum Gasteiger partial charge on any atom is 0.258 e. The zero-order valence-electron chi connectivity index (χ0n) is 12.2. The largest absolute Gasteiger partial charge is 0.542 e. The minimum atomic E-state index is -1.83. The van der Waals surface area contributed by atoms with E-state index in [1.165, 1.54) is 0 Å². The molecule has 0 saturated carbocycles. The first kappa shape index (κ1) is 16.0. The Morgan fingerprint density at radius 1 is 1.00 bits per heavy atom. The van der Waals surface area contributed by atoms with E-state index in [1.54, 1.807) is 0 Å². The molecule has 1 heterocycles. The number of halogens is 1. The summed E-state index contributed by atoms with van der Waals surface area (Å²) in [5.41, 5.74) is 1.78. The Bertz CT molecular complexity index is 354. The Morgan fingerprint density at radius 2 is 1.50 bits per heavy atom. The molecule has 0 aliphatic heterocycles. The van der Waals surface area contributed by atoms with Crippen molar-refractivity contribution in [3.05, 3.63) is 22.0 Å². The Kier molecular flexibility index (Phi) is 5.64. The monoisotopic (exact) mass is 377 g/mol. The second kappa shape index (κ2) is 6.37. The van der Waals surface area contributed by atoms with Gasteiger partial charge in [-0.1, -0.05) is 41.5 Å². The average Bonchev–Trinajstić information content (AvgIpc) is 2.26. The van der Waals surface area contributed by atoms with Crippen LogP contribution in [0, 0.1) is 3.70 Å². The average molecular weight is 377 g/mol. The molecular weight excluding hydrogens is 353 g/mol. The van der Waals surface area contributed by atoms with Gasteiger partial charge in [0.25, 0.3) is 8.32 Å². The third kappa shape index (κ3) is 3.26. The zero-order valence-corrected chi connectivity index (χ0v) is 15.4. The van der Waals surface area contributed by atoms with Gasteiger partial charge in [0, 0.05) is 0 Å². The quantitative estimate of drug-likeness (QED) is 0.398. The summed E-state index contributed by atoms with van der Waals surface area (Å²) in [4.78, 5) is 4.33. The van der Waals surface area contributed by atoms with Crippen LogP contribution in [-0.4, -0.2) is 13.3 Å². The van der Waals surface area contributed by atoms with Crippen molar-refractivity contribution in [3.63, 3.8) is 0 Å². The van der Waals surface area contributed by atoms with E-state index >= 15 is 0 Å². The highest BCUT2D eigenvalue weighted by atomic mass is 127. The van der Waals surface area contributed by atoms with Crippen LogP contribution in [0.2, 0.25) is 16.6 Å². The molecule has 0 radical (unpaired) electrons. The lowest BCUT2D eigenvalue weighted by Crippen LogP contribution is -2.50. The third-order valence-electron chi connectivity index (χ3n) is 3.70. The number of pyridine rings is 1. The molecule has 18 heavy (non-hydrogen) atoms. The number of hydrogen-bond donors (Lipinski definition) is 0. The molecule has 4 heteroatoms. The van der Waals surface area contributed by atoms with Gasteiger partial charge in [0.05, 0.1) is 6.20 Å². The van der Waals surface area contributed by atoms with Crippen molar-refractivity contribution >= 4 is 30.9 Å². The summed E-state index contributed by atoms with van der Waals surface area (Å²) < 4.78 is 7.52. The van der Waals surface area contributed by atoms with Crippen molar-refractivity contribution < 1.29 is 4.43 Å². The van der Waals surface area contributed by atoms with Crippen LogP contribution in [0.4, 0.5) is 0 Å². The van der Waals surface area contributed by atoms with Crippen molar-refractivity contribution in [1.82, 2.24) is 4.98 Å². The predicted molar refractivity (Wildman–Crippen MR) is 88.6 cm³/mol. The van der Waals surface area contributed by atoms with Crippen molar-refractivity contribution in [3.8, 4) is 5.75 Å². The van der Waals surface area contributed by atoms with E-state index in [4.69, 9.17) is 4.43 Å². The Morgan fingerprint density at radius 3 is 1.83 bits per heavy atom. The lowest BCUT2D eigenvalue weighted by atomic mass is 10.5. The standard InChI is InChI=1S/C14H24INOSi/c1-10(2)18(11(3)4,12(5)6)17-13-7-8-14(15)16-9-13/h7-12H,1-6H3. The summed E-state index contributed by atoms with van der Waals surface area (Å²) in [7, 11) is -1.83. The number of nitrogens with zero attached hydrogens (tertiary/aromatic N) is 1. The Balaban J connectivity index is 3.08. The molecule has 0 saturated heterocycles. The highest BCUT2D eigenvalue weighted by Crippen LogP contribution is 2.42. The molecule has 0 aromatic carbocycles. The second-order valence-electron chi connectivity index (χ2n) is 5.74. The van der Waals surface area contributed by atoms with Crippen LogP contribution in [-0.2, 0) is 0 Å². The fraction of sp³-hybridized carbons (Fsp3) is 0.643. The summed E-state index contributed by atoms with van der Waals surface area (Å²) in [5, 5.41) is 0. The summed E-state index contributed by atoms with van der Waals surface area (Å²) in [5.74, 6) is 0.929. The van der Waals surface area contributed by atoms with E-state index < -0.39 is 8.32 Å². The summed E-state index contributed by atoms with van der Waals surface area (Å²) in [6, 6.07) is 4.06. The SMILES string of the molecule is CC(C)[Si](Oc1ccc(I)nc1)(C(C)C)C(C)C. The molecular formula is C14H24INOSi. The molecule has 0 amide bonds. The molecule has 102 valence electrons. The van der Waals surface area contributed by atoms with Crippen molar-refractivity contribution in [2.45, 2.75) is 58.2 Å². The lowest BCUT2D eigenvalue weighted by Gasteiger charge is -2.42. The molecule has 0 N–H and O–H groups in total. The first-order valence-corrected chi connectivity index (χ1v) is 9.83. The highest BCUT2D eigenvalue weighted by Gasteiger charge is 2.46. The fourth-order valence-electron chi connectivity index (χ4n) is 2.98. The van der Waals surface area contributed by atoms with E-state index in [0.29, 0.717) is 16.6 Å². The van der Waals surface area contributed by atoms with Crippen LogP contribution in [0.3, 0.4) is 0 Å². The van der Waals surface area contributed by atoms with Gasteiger partial charge >= 0.3 is 0 Å². The zero-order chi connectivity index (χ0) is 13.9. The summed E-state index contributed by atoms with van der Waals surface area (Å²) >= 11 is 2.22. The fourth-order valence-corrected chi connectivity index (χ4v) is 8.54. The van der Waals surface area contributed by atoms with E-state index in [9.17, 15) is 0 Å². The predicted octanol–water partition coefficient (Wildman–Crippen LogP) is 5.24.